The quantitative estimate of drug-likeness (QED) is 0.607. The molecule has 1 unspecified atom stereocenters. The molecule has 1 aromatic heterocycles. The zero-order chi connectivity index (χ0) is 13.9. The molecule has 1 heterocycles. The Hall–Kier alpha value is -0.830. The molecule has 1 atom stereocenters. The molecule has 0 bridgehead atoms. The Morgan fingerprint density at radius 1 is 1.11 bits per heavy atom. The monoisotopic (exact) mass is 265 g/mol. The highest BCUT2D eigenvalue weighted by Gasteiger charge is 2.11. The van der Waals surface area contributed by atoms with Gasteiger partial charge < -0.3 is 5.32 Å². The predicted molar refractivity (Wildman–Crippen MR) is 82.2 cm³/mol. The van der Waals surface area contributed by atoms with Crippen LogP contribution in [-0.4, -0.2) is 16.3 Å². The predicted octanol–water partition coefficient (Wildman–Crippen LogP) is 4.21. The van der Waals surface area contributed by atoms with Crippen LogP contribution in [0.25, 0.3) is 0 Å². The first kappa shape index (κ1) is 16.2. The third-order valence-corrected chi connectivity index (χ3v) is 3.67. The molecule has 110 valence electrons. The topological polar surface area (TPSA) is 29.9 Å². The van der Waals surface area contributed by atoms with Gasteiger partial charge in [-0.25, -0.2) is 0 Å². The molecule has 1 aromatic rings. The lowest BCUT2D eigenvalue weighted by atomic mass is 10.0. The molecule has 0 spiro atoms. The van der Waals surface area contributed by atoms with Gasteiger partial charge in [-0.3, -0.25) is 4.68 Å². The second-order valence-corrected chi connectivity index (χ2v) is 5.47. The van der Waals surface area contributed by atoms with Gasteiger partial charge in [0.05, 0.1) is 6.20 Å². The van der Waals surface area contributed by atoms with Crippen LogP contribution in [0, 0.1) is 0 Å². The van der Waals surface area contributed by atoms with E-state index in [1.54, 1.807) is 0 Å². The number of nitrogens with zero attached hydrogens (tertiary/aromatic N) is 2. The molecule has 0 saturated heterocycles. The summed E-state index contributed by atoms with van der Waals surface area (Å²) in [5, 5.41) is 7.84. The summed E-state index contributed by atoms with van der Waals surface area (Å²) in [4.78, 5) is 0. The molecule has 0 saturated carbocycles. The molecule has 1 N–H and O–H groups in total. The van der Waals surface area contributed by atoms with Crippen LogP contribution in [0.3, 0.4) is 0 Å². The van der Waals surface area contributed by atoms with Crippen molar-refractivity contribution in [2.75, 3.05) is 6.54 Å². The maximum absolute atomic E-state index is 4.27. The number of aryl methyl sites for hydroxylation is 1. The van der Waals surface area contributed by atoms with E-state index in [0.29, 0.717) is 6.04 Å². The summed E-state index contributed by atoms with van der Waals surface area (Å²) >= 11 is 0. The second kappa shape index (κ2) is 10.0. The summed E-state index contributed by atoms with van der Waals surface area (Å²) in [6.45, 7) is 5.47. The van der Waals surface area contributed by atoms with Gasteiger partial charge in [0, 0.05) is 24.8 Å². The molecule has 3 heteroatoms. The standard InChI is InChI=1S/C16H31N3/c1-4-6-7-8-9-10-11-12-16(17-5-2)15-13-18-19(3)14-15/h13-14,16-17H,4-12H2,1-3H3. The molecular formula is C16H31N3. The highest BCUT2D eigenvalue weighted by molar-refractivity contribution is 5.09. The lowest BCUT2D eigenvalue weighted by molar-refractivity contribution is 0.475. The third kappa shape index (κ3) is 6.76. The van der Waals surface area contributed by atoms with Crippen molar-refractivity contribution in [3.8, 4) is 0 Å². The van der Waals surface area contributed by atoms with Crippen LogP contribution in [0.4, 0.5) is 0 Å². The molecule has 0 fully saturated rings. The average molecular weight is 265 g/mol. The van der Waals surface area contributed by atoms with Gasteiger partial charge in [0.25, 0.3) is 0 Å². The summed E-state index contributed by atoms with van der Waals surface area (Å²) < 4.78 is 1.89. The molecule has 0 aliphatic carbocycles. The van der Waals surface area contributed by atoms with E-state index in [0.717, 1.165) is 6.54 Å². The maximum atomic E-state index is 4.27. The van der Waals surface area contributed by atoms with Gasteiger partial charge in [-0.05, 0) is 13.0 Å². The molecule has 3 nitrogen and oxygen atoms in total. The van der Waals surface area contributed by atoms with E-state index in [-0.39, 0.29) is 0 Å². The summed E-state index contributed by atoms with van der Waals surface area (Å²) in [6, 6.07) is 0.481. The van der Waals surface area contributed by atoms with E-state index in [1.165, 1.54) is 56.9 Å². The SMILES string of the molecule is CCCCCCCCCC(NCC)c1cnn(C)c1. The van der Waals surface area contributed by atoms with Crippen LogP contribution >= 0.6 is 0 Å². The van der Waals surface area contributed by atoms with Gasteiger partial charge >= 0.3 is 0 Å². The minimum absolute atomic E-state index is 0.481. The van der Waals surface area contributed by atoms with E-state index in [1.807, 2.05) is 17.9 Å². The molecule has 0 amide bonds. The van der Waals surface area contributed by atoms with E-state index in [2.05, 4.69) is 30.5 Å². The van der Waals surface area contributed by atoms with E-state index in [9.17, 15) is 0 Å². The van der Waals surface area contributed by atoms with Crippen molar-refractivity contribution in [2.45, 2.75) is 71.3 Å². The Bertz CT molecular complexity index is 320. The summed E-state index contributed by atoms with van der Waals surface area (Å²) in [5.74, 6) is 0. The Labute approximate surface area is 118 Å². The Morgan fingerprint density at radius 3 is 2.37 bits per heavy atom. The normalized spacial score (nSPS) is 12.8. The number of rotatable bonds is 11. The van der Waals surface area contributed by atoms with Gasteiger partial charge in [0.15, 0.2) is 0 Å². The minimum Gasteiger partial charge on any atom is -0.310 e. The van der Waals surface area contributed by atoms with Crippen molar-refractivity contribution in [1.82, 2.24) is 15.1 Å². The lowest BCUT2D eigenvalue weighted by Crippen LogP contribution is -2.20. The fourth-order valence-electron chi connectivity index (χ4n) is 2.56. The smallest absolute Gasteiger partial charge is 0.0537 e. The first-order valence-electron chi connectivity index (χ1n) is 7.99. The van der Waals surface area contributed by atoms with Crippen molar-refractivity contribution in [3.05, 3.63) is 18.0 Å². The van der Waals surface area contributed by atoms with Crippen LogP contribution in [-0.2, 0) is 7.05 Å². The Kier molecular flexibility index (Phi) is 8.55. The molecule has 0 radical (unpaired) electrons. The molecule has 0 aliphatic rings. The molecule has 0 aromatic carbocycles. The number of hydrogen-bond acceptors (Lipinski definition) is 2. The number of unbranched alkanes of at least 4 members (excludes halogenated alkanes) is 6. The Morgan fingerprint density at radius 2 is 1.79 bits per heavy atom. The highest BCUT2D eigenvalue weighted by atomic mass is 15.2. The Balaban J connectivity index is 2.19. The van der Waals surface area contributed by atoms with Crippen LogP contribution in [0.2, 0.25) is 0 Å². The van der Waals surface area contributed by atoms with Gasteiger partial charge in [-0.15, -0.1) is 0 Å². The molecule has 1 rings (SSSR count). The highest BCUT2D eigenvalue weighted by Crippen LogP contribution is 2.19. The first-order chi connectivity index (χ1) is 9.27. The van der Waals surface area contributed by atoms with Gasteiger partial charge in [0.2, 0.25) is 0 Å². The second-order valence-electron chi connectivity index (χ2n) is 5.47. The summed E-state index contributed by atoms with van der Waals surface area (Å²) in [7, 11) is 1.99. The van der Waals surface area contributed by atoms with Crippen LogP contribution in [0.5, 0.6) is 0 Å². The number of nitrogens with one attached hydrogen (secondary N) is 1. The van der Waals surface area contributed by atoms with Gasteiger partial charge in [0.1, 0.15) is 0 Å². The summed E-state index contributed by atoms with van der Waals surface area (Å²) in [6.07, 6.45) is 15.0. The van der Waals surface area contributed by atoms with E-state index >= 15 is 0 Å². The van der Waals surface area contributed by atoms with E-state index in [4.69, 9.17) is 0 Å². The third-order valence-electron chi connectivity index (χ3n) is 3.67. The maximum Gasteiger partial charge on any atom is 0.0537 e. The average Bonchev–Trinajstić information content (AvgIpc) is 2.83. The van der Waals surface area contributed by atoms with Crippen molar-refractivity contribution >= 4 is 0 Å². The van der Waals surface area contributed by atoms with Crippen molar-refractivity contribution < 1.29 is 0 Å². The number of hydrogen-bond donors (Lipinski definition) is 1. The molecule has 19 heavy (non-hydrogen) atoms. The fourth-order valence-corrected chi connectivity index (χ4v) is 2.56. The van der Waals surface area contributed by atoms with Crippen LogP contribution < -0.4 is 5.32 Å². The minimum atomic E-state index is 0.481. The van der Waals surface area contributed by atoms with Crippen LogP contribution in [0.1, 0.15) is 76.8 Å². The number of aromatic nitrogens is 2. The van der Waals surface area contributed by atoms with Crippen LogP contribution in [0.15, 0.2) is 12.4 Å². The van der Waals surface area contributed by atoms with E-state index < -0.39 is 0 Å². The lowest BCUT2D eigenvalue weighted by Gasteiger charge is -2.16. The zero-order valence-corrected chi connectivity index (χ0v) is 13.0. The van der Waals surface area contributed by atoms with Gasteiger partial charge in [-0.2, -0.15) is 5.10 Å². The molecule has 0 aliphatic heterocycles. The zero-order valence-electron chi connectivity index (χ0n) is 13.0. The van der Waals surface area contributed by atoms with Crippen molar-refractivity contribution in [2.24, 2.45) is 7.05 Å². The first-order valence-corrected chi connectivity index (χ1v) is 7.99. The molecular weight excluding hydrogens is 234 g/mol. The van der Waals surface area contributed by atoms with Gasteiger partial charge in [-0.1, -0.05) is 58.8 Å². The van der Waals surface area contributed by atoms with Crippen molar-refractivity contribution in [1.29, 1.82) is 0 Å². The van der Waals surface area contributed by atoms with Crippen molar-refractivity contribution in [3.63, 3.8) is 0 Å². The largest absolute Gasteiger partial charge is 0.310 e. The fraction of sp³-hybridized carbons (Fsp3) is 0.812. The summed E-state index contributed by atoms with van der Waals surface area (Å²) in [5.41, 5.74) is 1.33.